The van der Waals surface area contributed by atoms with Crippen LogP contribution in [0.1, 0.15) is 21.5 Å². The molecular weight excluding hydrogens is 224 g/mol. The molecule has 0 aliphatic heterocycles. The maximum Gasteiger partial charge on any atom is 0.339 e. The molecule has 0 bridgehead atoms. The van der Waals surface area contributed by atoms with Crippen LogP contribution in [-0.4, -0.2) is 16.2 Å². The number of hydrogen-bond donors (Lipinski definition) is 2. The van der Waals surface area contributed by atoms with E-state index in [0.717, 1.165) is 0 Å². The van der Waals surface area contributed by atoms with E-state index in [1.165, 1.54) is 19.1 Å². The summed E-state index contributed by atoms with van der Waals surface area (Å²) in [5.41, 5.74) is 0.314. The van der Waals surface area contributed by atoms with Crippen LogP contribution < -0.4 is 5.63 Å². The fourth-order valence-electron chi connectivity index (χ4n) is 1.89. The Morgan fingerprint density at radius 3 is 2.47 bits per heavy atom. The van der Waals surface area contributed by atoms with Crippen molar-refractivity contribution in [1.29, 1.82) is 0 Å². The second-order valence-corrected chi connectivity index (χ2v) is 3.84. The highest BCUT2D eigenvalue weighted by molar-refractivity contribution is 6.01. The standard InChI is InChI=1S/C12H10O5/c1-5-3-7-9(6(2)4-8(13)17-7)11(14)10(5)12(15)16/h3-4,14H,1-2H3,(H,15,16). The van der Waals surface area contributed by atoms with Gasteiger partial charge in [0.15, 0.2) is 0 Å². The van der Waals surface area contributed by atoms with E-state index in [1.54, 1.807) is 6.92 Å². The van der Waals surface area contributed by atoms with Crippen LogP contribution in [0.5, 0.6) is 5.75 Å². The Labute approximate surface area is 95.9 Å². The quantitative estimate of drug-likeness (QED) is 0.734. The monoisotopic (exact) mass is 234 g/mol. The molecular formula is C12H10O5. The minimum absolute atomic E-state index is 0.172. The minimum Gasteiger partial charge on any atom is -0.506 e. The number of aryl methyl sites for hydroxylation is 2. The maximum atomic E-state index is 11.2. The second-order valence-electron chi connectivity index (χ2n) is 3.84. The largest absolute Gasteiger partial charge is 0.506 e. The summed E-state index contributed by atoms with van der Waals surface area (Å²) in [6.07, 6.45) is 0. The smallest absolute Gasteiger partial charge is 0.339 e. The number of phenols is 1. The number of fused-ring (bicyclic) bond motifs is 1. The molecule has 1 aromatic carbocycles. The van der Waals surface area contributed by atoms with Crippen LogP contribution in [0.25, 0.3) is 11.0 Å². The molecule has 0 radical (unpaired) electrons. The van der Waals surface area contributed by atoms with Gasteiger partial charge < -0.3 is 14.6 Å². The number of carboxylic acid groups (broad SMARTS) is 1. The number of benzene rings is 1. The first kappa shape index (κ1) is 11.2. The molecule has 5 nitrogen and oxygen atoms in total. The van der Waals surface area contributed by atoms with Crippen molar-refractivity contribution in [3.63, 3.8) is 0 Å². The third-order valence-corrected chi connectivity index (χ3v) is 2.62. The van der Waals surface area contributed by atoms with Gasteiger partial charge in [-0.3, -0.25) is 0 Å². The third-order valence-electron chi connectivity index (χ3n) is 2.62. The fraction of sp³-hybridized carbons (Fsp3) is 0.167. The molecule has 0 atom stereocenters. The molecule has 0 amide bonds. The maximum absolute atomic E-state index is 11.2. The van der Waals surface area contributed by atoms with Gasteiger partial charge in [-0.25, -0.2) is 9.59 Å². The average Bonchev–Trinajstić information content (AvgIpc) is 2.13. The summed E-state index contributed by atoms with van der Waals surface area (Å²) >= 11 is 0. The predicted octanol–water partition coefficient (Wildman–Crippen LogP) is 1.81. The predicted molar refractivity (Wildman–Crippen MR) is 60.6 cm³/mol. The van der Waals surface area contributed by atoms with Gasteiger partial charge in [-0.1, -0.05) is 0 Å². The van der Waals surface area contributed by atoms with Gasteiger partial charge in [0.25, 0.3) is 0 Å². The van der Waals surface area contributed by atoms with E-state index in [0.29, 0.717) is 11.1 Å². The average molecular weight is 234 g/mol. The van der Waals surface area contributed by atoms with Crippen LogP contribution in [-0.2, 0) is 0 Å². The molecule has 0 saturated heterocycles. The molecule has 0 fully saturated rings. The van der Waals surface area contributed by atoms with E-state index in [4.69, 9.17) is 9.52 Å². The zero-order chi connectivity index (χ0) is 12.7. The van der Waals surface area contributed by atoms with Crippen molar-refractivity contribution in [2.75, 3.05) is 0 Å². The van der Waals surface area contributed by atoms with Crippen LogP contribution in [0.15, 0.2) is 21.3 Å². The van der Waals surface area contributed by atoms with E-state index < -0.39 is 11.6 Å². The number of aromatic carboxylic acids is 1. The Hall–Kier alpha value is -2.30. The number of aromatic hydroxyl groups is 1. The van der Waals surface area contributed by atoms with Crippen molar-refractivity contribution in [3.05, 3.63) is 39.2 Å². The van der Waals surface area contributed by atoms with E-state index >= 15 is 0 Å². The summed E-state index contributed by atoms with van der Waals surface area (Å²) in [5.74, 6) is -1.58. The van der Waals surface area contributed by atoms with E-state index in [9.17, 15) is 14.7 Å². The molecule has 2 N–H and O–H groups in total. The Morgan fingerprint density at radius 2 is 1.88 bits per heavy atom. The lowest BCUT2D eigenvalue weighted by Crippen LogP contribution is -2.04. The molecule has 0 spiro atoms. The highest BCUT2D eigenvalue weighted by atomic mass is 16.4. The van der Waals surface area contributed by atoms with Gasteiger partial charge in [-0.05, 0) is 31.0 Å². The highest BCUT2D eigenvalue weighted by Crippen LogP contribution is 2.32. The summed E-state index contributed by atoms with van der Waals surface area (Å²) in [6, 6.07) is 2.65. The first-order chi connectivity index (χ1) is 7.91. The molecule has 1 aromatic heterocycles. The van der Waals surface area contributed by atoms with Crippen molar-refractivity contribution in [2.24, 2.45) is 0 Å². The van der Waals surface area contributed by atoms with Gasteiger partial charge in [0.2, 0.25) is 0 Å². The number of carbonyl (C=O) groups is 1. The van der Waals surface area contributed by atoms with Gasteiger partial charge in [-0.15, -0.1) is 0 Å². The Kier molecular flexibility index (Phi) is 2.38. The minimum atomic E-state index is -1.22. The summed E-state index contributed by atoms with van der Waals surface area (Å²) in [7, 11) is 0. The van der Waals surface area contributed by atoms with Gasteiger partial charge in [0.05, 0.1) is 5.39 Å². The second kappa shape index (κ2) is 3.62. The van der Waals surface area contributed by atoms with Crippen LogP contribution in [0.4, 0.5) is 0 Å². The van der Waals surface area contributed by atoms with Gasteiger partial charge >= 0.3 is 11.6 Å². The summed E-state index contributed by atoms with van der Waals surface area (Å²) in [6.45, 7) is 3.14. The van der Waals surface area contributed by atoms with E-state index in [-0.39, 0.29) is 22.3 Å². The molecule has 0 unspecified atom stereocenters. The van der Waals surface area contributed by atoms with Crippen LogP contribution in [0, 0.1) is 13.8 Å². The zero-order valence-corrected chi connectivity index (χ0v) is 9.27. The van der Waals surface area contributed by atoms with Crippen LogP contribution in [0.2, 0.25) is 0 Å². The molecule has 0 aliphatic carbocycles. The molecule has 2 aromatic rings. The van der Waals surface area contributed by atoms with E-state index in [1.807, 2.05) is 0 Å². The molecule has 17 heavy (non-hydrogen) atoms. The van der Waals surface area contributed by atoms with E-state index in [2.05, 4.69) is 0 Å². The van der Waals surface area contributed by atoms with Crippen molar-refractivity contribution < 1.29 is 19.4 Å². The number of carboxylic acids is 1. The third kappa shape index (κ3) is 1.65. The zero-order valence-electron chi connectivity index (χ0n) is 9.27. The molecule has 5 heteroatoms. The fourth-order valence-corrected chi connectivity index (χ4v) is 1.89. The lowest BCUT2D eigenvalue weighted by molar-refractivity contribution is 0.0693. The van der Waals surface area contributed by atoms with Gasteiger partial charge in [0, 0.05) is 6.07 Å². The molecule has 0 saturated carbocycles. The van der Waals surface area contributed by atoms with Crippen molar-refractivity contribution in [1.82, 2.24) is 0 Å². The van der Waals surface area contributed by atoms with Crippen molar-refractivity contribution >= 4 is 16.9 Å². The number of rotatable bonds is 1. The first-order valence-electron chi connectivity index (χ1n) is 4.92. The molecule has 88 valence electrons. The number of hydrogen-bond acceptors (Lipinski definition) is 4. The van der Waals surface area contributed by atoms with Crippen molar-refractivity contribution in [2.45, 2.75) is 13.8 Å². The Morgan fingerprint density at radius 1 is 1.24 bits per heavy atom. The highest BCUT2D eigenvalue weighted by Gasteiger charge is 2.19. The Bertz CT molecular complexity index is 681. The molecule has 0 aliphatic rings. The van der Waals surface area contributed by atoms with Crippen LogP contribution in [0.3, 0.4) is 0 Å². The first-order valence-corrected chi connectivity index (χ1v) is 4.92. The molecule has 2 rings (SSSR count). The summed E-state index contributed by atoms with van der Waals surface area (Å²) in [5, 5.41) is 19.2. The normalized spacial score (nSPS) is 10.7. The van der Waals surface area contributed by atoms with Crippen LogP contribution >= 0.6 is 0 Å². The van der Waals surface area contributed by atoms with Crippen molar-refractivity contribution in [3.8, 4) is 5.75 Å². The lowest BCUT2D eigenvalue weighted by Gasteiger charge is -2.08. The summed E-state index contributed by atoms with van der Waals surface area (Å²) in [4.78, 5) is 22.2. The SMILES string of the molecule is Cc1cc2oc(=O)cc(C)c2c(O)c1C(=O)O. The lowest BCUT2D eigenvalue weighted by atomic mass is 10.0. The van der Waals surface area contributed by atoms with Gasteiger partial charge in [0.1, 0.15) is 16.9 Å². The topological polar surface area (TPSA) is 87.7 Å². The molecule has 1 heterocycles. The van der Waals surface area contributed by atoms with Gasteiger partial charge in [-0.2, -0.15) is 0 Å². The Balaban J connectivity index is 3.02. The summed E-state index contributed by atoms with van der Waals surface area (Å²) < 4.78 is 4.93.